The highest BCUT2D eigenvalue weighted by Gasteiger charge is 2.63. The second-order valence-corrected chi connectivity index (χ2v) is 4.40. The van der Waals surface area contributed by atoms with Crippen molar-refractivity contribution in [2.45, 2.75) is 49.9 Å². The molecule has 6 nitrogen and oxygen atoms in total. The molecule has 17 heavy (non-hydrogen) atoms. The predicted octanol–water partition coefficient (Wildman–Crippen LogP) is -0.495. The highest BCUT2D eigenvalue weighted by molar-refractivity contribution is 5.81. The molecule has 100 valence electrons. The van der Waals surface area contributed by atoms with Gasteiger partial charge in [0.15, 0.2) is 5.60 Å². The van der Waals surface area contributed by atoms with Crippen LogP contribution >= 0.6 is 0 Å². The van der Waals surface area contributed by atoms with Crippen molar-refractivity contribution in [2.24, 2.45) is 0 Å². The lowest BCUT2D eigenvalue weighted by molar-refractivity contribution is -0.143. The van der Waals surface area contributed by atoms with Gasteiger partial charge in [-0.3, -0.25) is 0 Å². The van der Waals surface area contributed by atoms with Crippen LogP contribution in [0.5, 0.6) is 0 Å². The SMILES string of the molecule is O=C(O)C12CCCCC1O2.OCCC(O)CO. The van der Waals surface area contributed by atoms with Gasteiger partial charge in [-0.2, -0.15) is 0 Å². The molecular weight excluding hydrogens is 228 g/mol. The third kappa shape index (κ3) is 3.64. The average molecular weight is 248 g/mol. The van der Waals surface area contributed by atoms with Gasteiger partial charge in [-0.05, 0) is 25.7 Å². The molecule has 1 heterocycles. The molecule has 4 N–H and O–H groups in total. The van der Waals surface area contributed by atoms with E-state index in [1.165, 1.54) is 0 Å². The van der Waals surface area contributed by atoms with E-state index >= 15 is 0 Å². The summed E-state index contributed by atoms with van der Waals surface area (Å²) < 4.78 is 5.13. The predicted molar refractivity (Wildman–Crippen MR) is 58.5 cm³/mol. The number of aliphatic carboxylic acids is 1. The van der Waals surface area contributed by atoms with Crippen LogP contribution in [0.4, 0.5) is 0 Å². The molecule has 1 saturated carbocycles. The molecule has 0 amide bonds. The van der Waals surface area contributed by atoms with Crippen molar-refractivity contribution in [1.29, 1.82) is 0 Å². The van der Waals surface area contributed by atoms with Crippen LogP contribution in [0.2, 0.25) is 0 Å². The summed E-state index contributed by atoms with van der Waals surface area (Å²) in [6.45, 7) is -0.331. The summed E-state index contributed by atoms with van der Waals surface area (Å²) in [6.07, 6.45) is 3.34. The lowest BCUT2D eigenvalue weighted by atomic mass is 9.89. The number of carboxylic acid groups (broad SMARTS) is 1. The molecule has 3 unspecified atom stereocenters. The summed E-state index contributed by atoms with van der Waals surface area (Å²) >= 11 is 0. The van der Waals surface area contributed by atoms with Crippen LogP contribution in [0, 0.1) is 0 Å². The fourth-order valence-electron chi connectivity index (χ4n) is 1.98. The van der Waals surface area contributed by atoms with Crippen molar-refractivity contribution in [3.05, 3.63) is 0 Å². The molecule has 2 rings (SSSR count). The van der Waals surface area contributed by atoms with E-state index in [2.05, 4.69) is 0 Å². The maximum atomic E-state index is 10.6. The fraction of sp³-hybridized carbons (Fsp3) is 0.909. The van der Waals surface area contributed by atoms with Gasteiger partial charge in [0, 0.05) is 6.61 Å². The first-order valence-electron chi connectivity index (χ1n) is 5.88. The number of fused-ring (bicyclic) bond motifs is 1. The van der Waals surface area contributed by atoms with Gasteiger partial charge >= 0.3 is 5.97 Å². The smallest absolute Gasteiger partial charge is 0.338 e. The van der Waals surface area contributed by atoms with Crippen LogP contribution in [-0.4, -0.2) is 57.4 Å². The van der Waals surface area contributed by atoms with E-state index in [9.17, 15) is 4.79 Å². The van der Waals surface area contributed by atoms with Crippen LogP contribution < -0.4 is 0 Å². The molecule has 1 aliphatic carbocycles. The molecule has 6 heteroatoms. The normalized spacial score (nSPS) is 31.8. The monoisotopic (exact) mass is 248 g/mol. The zero-order valence-corrected chi connectivity index (χ0v) is 9.71. The van der Waals surface area contributed by atoms with Crippen LogP contribution in [0.3, 0.4) is 0 Å². The third-order valence-electron chi connectivity index (χ3n) is 3.12. The van der Waals surface area contributed by atoms with Gasteiger partial charge in [-0.1, -0.05) is 6.42 Å². The van der Waals surface area contributed by atoms with Crippen LogP contribution in [-0.2, 0) is 9.53 Å². The van der Waals surface area contributed by atoms with Gasteiger partial charge in [0.05, 0.1) is 18.8 Å². The van der Waals surface area contributed by atoms with Crippen molar-refractivity contribution >= 4 is 5.97 Å². The molecular formula is C11H20O6. The van der Waals surface area contributed by atoms with Crippen LogP contribution in [0.1, 0.15) is 32.1 Å². The Morgan fingerprint density at radius 2 is 2.12 bits per heavy atom. The number of aliphatic hydroxyl groups is 3. The van der Waals surface area contributed by atoms with Crippen molar-refractivity contribution in [2.75, 3.05) is 13.2 Å². The molecule has 0 aromatic heterocycles. The van der Waals surface area contributed by atoms with Gasteiger partial charge in [-0.25, -0.2) is 4.79 Å². The molecule has 0 radical (unpaired) electrons. The summed E-state index contributed by atoms with van der Waals surface area (Å²) in [5.41, 5.74) is -0.738. The topological polar surface area (TPSA) is 111 Å². The molecule has 1 aliphatic heterocycles. The lowest BCUT2D eigenvalue weighted by Gasteiger charge is -2.11. The standard InChI is InChI=1S/C7H10O3.C4H10O3/c8-6(9)7-4-2-1-3-5(7)10-7;5-2-1-4(7)3-6/h5H,1-4H2,(H,8,9);4-7H,1-3H2. The summed E-state index contributed by atoms with van der Waals surface area (Å²) in [4.78, 5) is 10.6. The van der Waals surface area contributed by atoms with Gasteiger partial charge < -0.3 is 25.2 Å². The van der Waals surface area contributed by atoms with Crippen LogP contribution in [0.25, 0.3) is 0 Å². The summed E-state index contributed by atoms with van der Waals surface area (Å²) in [5, 5.41) is 33.4. The van der Waals surface area contributed by atoms with E-state index in [0.29, 0.717) is 6.42 Å². The molecule has 0 aromatic rings. The highest BCUT2D eigenvalue weighted by atomic mass is 16.6. The van der Waals surface area contributed by atoms with E-state index in [1.807, 2.05) is 0 Å². The zero-order valence-electron chi connectivity index (χ0n) is 9.71. The first kappa shape index (κ1) is 14.4. The van der Waals surface area contributed by atoms with Crippen molar-refractivity contribution in [3.63, 3.8) is 0 Å². The average Bonchev–Trinajstić information content (AvgIpc) is 3.06. The fourth-order valence-corrected chi connectivity index (χ4v) is 1.98. The lowest BCUT2D eigenvalue weighted by Crippen LogP contribution is -2.29. The molecule has 2 aliphatic rings. The first-order valence-corrected chi connectivity index (χ1v) is 5.88. The summed E-state index contributed by atoms with van der Waals surface area (Å²) in [7, 11) is 0. The first-order chi connectivity index (χ1) is 8.06. The van der Waals surface area contributed by atoms with Gasteiger partial charge in [0.1, 0.15) is 0 Å². The van der Waals surface area contributed by atoms with E-state index in [4.69, 9.17) is 25.2 Å². The molecule has 3 atom stereocenters. The molecule has 1 saturated heterocycles. The highest BCUT2D eigenvalue weighted by Crippen LogP contribution is 2.47. The summed E-state index contributed by atoms with van der Waals surface area (Å²) in [5.74, 6) is -0.766. The van der Waals surface area contributed by atoms with Crippen LogP contribution in [0.15, 0.2) is 0 Å². The minimum Gasteiger partial charge on any atom is -0.479 e. The van der Waals surface area contributed by atoms with Gasteiger partial charge in [0.25, 0.3) is 0 Å². The van der Waals surface area contributed by atoms with Crippen molar-refractivity contribution in [1.82, 2.24) is 0 Å². The Morgan fingerprint density at radius 1 is 1.41 bits per heavy atom. The Balaban J connectivity index is 0.000000185. The maximum absolute atomic E-state index is 10.6. The minimum absolute atomic E-state index is 0.0405. The second-order valence-electron chi connectivity index (χ2n) is 4.40. The number of carboxylic acids is 1. The Bertz CT molecular complexity index is 256. The molecule has 0 aromatic carbocycles. The Morgan fingerprint density at radius 3 is 2.47 bits per heavy atom. The van der Waals surface area contributed by atoms with E-state index in [1.54, 1.807) is 0 Å². The molecule has 0 spiro atoms. The van der Waals surface area contributed by atoms with Crippen molar-refractivity contribution < 1.29 is 30.0 Å². The Hall–Kier alpha value is -0.690. The molecule has 2 fully saturated rings. The maximum Gasteiger partial charge on any atom is 0.338 e. The number of carbonyl (C=O) groups is 1. The zero-order chi connectivity index (χ0) is 12.9. The van der Waals surface area contributed by atoms with Crippen molar-refractivity contribution in [3.8, 4) is 0 Å². The number of aliphatic hydroxyl groups excluding tert-OH is 3. The van der Waals surface area contributed by atoms with E-state index in [-0.39, 0.29) is 25.7 Å². The van der Waals surface area contributed by atoms with Gasteiger partial charge in [0.2, 0.25) is 0 Å². The Labute approximate surface area is 99.8 Å². The quantitative estimate of drug-likeness (QED) is 0.499. The minimum atomic E-state index is -0.766. The van der Waals surface area contributed by atoms with E-state index in [0.717, 1.165) is 19.3 Å². The summed E-state index contributed by atoms with van der Waals surface area (Å²) in [6, 6.07) is 0. The number of hydrogen-bond acceptors (Lipinski definition) is 5. The third-order valence-corrected chi connectivity index (χ3v) is 3.12. The Kier molecular flexibility index (Phi) is 5.32. The van der Waals surface area contributed by atoms with E-state index < -0.39 is 17.7 Å². The number of hydrogen-bond donors (Lipinski definition) is 4. The number of rotatable bonds is 4. The number of epoxide rings is 1. The van der Waals surface area contributed by atoms with Gasteiger partial charge in [-0.15, -0.1) is 0 Å². The largest absolute Gasteiger partial charge is 0.479 e. The molecule has 0 bridgehead atoms. The number of ether oxygens (including phenoxy) is 1. The second kappa shape index (κ2) is 6.30.